The topological polar surface area (TPSA) is 87.7 Å². The predicted molar refractivity (Wildman–Crippen MR) is 60.5 cm³/mol. The number of alkyl halides is 3. The van der Waals surface area contributed by atoms with Crippen LogP contribution in [0.4, 0.5) is 13.2 Å². The van der Waals surface area contributed by atoms with E-state index in [-0.39, 0.29) is 18.7 Å². The molecule has 0 atom stereocenters. The Labute approximate surface area is 108 Å². The third-order valence-corrected chi connectivity index (χ3v) is 4.14. The maximum Gasteiger partial charge on any atom is 0.411 e. The zero-order valence-corrected chi connectivity index (χ0v) is 10.3. The normalized spacial score (nSPS) is 25.1. The molecule has 2 rings (SSSR count). The molecule has 108 valence electrons. The Kier molecular flexibility index (Phi) is 3.14. The van der Waals surface area contributed by atoms with Crippen molar-refractivity contribution in [3.8, 4) is 0 Å². The third-order valence-electron chi connectivity index (χ3n) is 4.14. The van der Waals surface area contributed by atoms with Gasteiger partial charge in [0, 0.05) is 0 Å². The van der Waals surface area contributed by atoms with Crippen LogP contribution in [0.5, 0.6) is 0 Å². The molecule has 2 aliphatic carbocycles. The van der Waals surface area contributed by atoms with Crippen LogP contribution in [0, 0.1) is 5.41 Å². The van der Waals surface area contributed by atoms with Crippen molar-refractivity contribution in [3.63, 3.8) is 0 Å². The Balaban J connectivity index is 2.19. The zero-order valence-electron chi connectivity index (χ0n) is 10.3. The molecule has 2 saturated carbocycles. The third kappa shape index (κ3) is 2.12. The summed E-state index contributed by atoms with van der Waals surface area (Å²) in [4.78, 5) is 12.2. The summed E-state index contributed by atoms with van der Waals surface area (Å²) in [5, 5.41) is 13.6. The molecule has 0 spiro atoms. The summed E-state index contributed by atoms with van der Waals surface area (Å²) in [6.45, 7) is 0. The zero-order chi connectivity index (χ0) is 14.3. The Morgan fingerprint density at radius 2 is 1.74 bits per heavy atom. The first-order chi connectivity index (χ1) is 8.77. The predicted octanol–water partition coefficient (Wildman–Crippen LogP) is 1.50. The number of amidine groups is 1. The number of oxime groups is 1. The Bertz CT molecular complexity index is 410. The fourth-order valence-electron chi connectivity index (χ4n) is 2.62. The van der Waals surface area contributed by atoms with E-state index in [9.17, 15) is 18.0 Å². The first-order valence-corrected chi connectivity index (χ1v) is 6.15. The Hall–Kier alpha value is -1.47. The number of carbonyl (C=O) groups excluding carboxylic acids is 1. The molecule has 5 nitrogen and oxygen atoms in total. The van der Waals surface area contributed by atoms with Crippen molar-refractivity contribution in [2.45, 2.75) is 50.2 Å². The number of nitrogens with two attached hydrogens (primary N) is 1. The van der Waals surface area contributed by atoms with E-state index in [1.54, 1.807) is 0 Å². The maximum atomic E-state index is 12.8. The molecule has 0 saturated heterocycles. The highest BCUT2D eigenvalue weighted by Gasteiger charge is 2.65. The van der Waals surface area contributed by atoms with Gasteiger partial charge in [-0.15, -0.1) is 0 Å². The molecule has 0 aromatic rings. The Morgan fingerprint density at radius 1 is 1.21 bits per heavy atom. The second-order valence-electron chi connectivity index (χ2n) is 5.31. The van der Waals surface area contributed by atoms with Gasteiger partial charge in [0.05, 0.1) is 0 Å². The summed E-state index contributed by atoms with van der Waals surface area (Å²) in [7, 11) is 0. The molecule has 2 fully saturated rings. The molecule has 1 amide bonds. The molecule has 8 heteroatoms. The first-order valence-electron chi connectivity index (χ1n) is 6.15. The molecular weight excluding hydrogens is 263 g/mol. The lowest BCUT2D eigenvalue weighted by Gasteiger charge is -2.30. The molecule has 4 N–H and O–H groups in total. The van der Waals surface area contributed by atoms with Crippen LogP contribution < -0.4 is 11.1 Å². The lowest BCUT2D eigenvalue weighted by atomic mass is 9.83. The number of nitrogens with zero attached hydrogens (tertiary/aromatic N) is 1. The highest BCUT2D eigenvalue weighted by atomic mass is 19.4. The summed E-state index contributed by atoms with van der Waals surface area (Å²) in [5.74, 6) is -1.09. The summed E-state index contributed by atoms with van der Waals surface area (Å²) in [6, 6.07) is 0. The molecule has 0 unspecified atom stereocenters. The number of rotatable bonds is 3. The van der Waals surface area contributed by atoms with Crippen molar-refractivity contribution in [1.82, 2.24) is 5.32 Å². The minimum absolute atomic E-state index is 0.117. The average Bonchev–Trinajstić information content (AvgIpc) is 2.96. The average molecular weight is 279 g/mol. The summed E-state index contributed by atoms with van der Waals surface area (Å²) >= 11 is 0. The van der Waals surface area contributed by atoms with E-state index >= 15 is 0 Å². The minimum Gasteiger partial charge on any atom is -0.409 e. The fourth-order valence-corrected chi connectivity index (χ4v) is 2.62. The molecule has 0 radical (unpaired) electrons. The van der Waals surface area contributed by atoms with Crippen molar-refractivity contribution in [2.24, 2.45) is 16.3 Å². The number of halogens is 3. The highest BCUT2D eigenvalue weighted by Crippen LogP contribution is 2.50. The van der Waals surface area contributed by atoms with Crippen LogP contribution in [0.1, 0.15) is 38.5 Å². The van der Waals surface area contributed by atoms with Crippen molar-refractivity contribution >= 4 is 11.7 Å². The lowest BCUT2D eigenvalue weighted by Crippen LogP contribution is -2.56. The van der Waals surface area contributed by atoms with Crippen LogP contribution in [-0.2, 0) is 4.79 Å². The van der Waals surface area contributed by atoms with E-state index in [4.69, 9.17) is 10.9 Å². The second-order valence-corrected chi connectivity index (χ2v) is 5.31. The number of nitrogens with one attached hydrogen (secondary N) is 1. The van der Waals surface area contributed by atoms with Gasteiger partial charge in [-0.3, -0.25) is 4.79 Å². The van der Waals surface area contributed by atoms with Crippen molar-refractivity contribution in [3.05, 3.63) is 0 Å². The van der Waals surface area contributed by atoms with E-state index in [1.807, 2.05) is 0 Å². The highest BCUT2D eigenvalue weighted by molar-refractivity contribution is 6.07. The van der Waals surface area contributed by atoms with Gasteiger partial charge in [0.1, 0.15) is 11.0 Å². The number of carbonyl (C=O) groups is 1. The van der Waals surface area contributed by atoms with Crippen LogP contribution in [0.25, 0.3) is 0 Å². The standard InChI is InChI=1S/C11H16F3N3O2/c12-11(13,14)10(5-6-10)16-8(18)9(7(15)17-19)3-1-2-4-9/h19H,1-6H2,(H2,15,17)(H,16,18). The number of hydrogen-bond donors (Lipinski definition) is 3. The quantitative estimate of drug-likeness (QED) is 0.316. The van der Waals surface area contributed by atoms with Gasteiger partial charge in [-0.25, -0.2) is 0 Å². The maximum absolute atomic E-state index is 12.8. The lowest BCUT2D eigenvalue weighted by molar-refractivity contribution is -0.172. The number of hydrogen-bond acceptors (Lipinski definition) is 3. The fraction of sp³-hybridized carbons (Fsp3) is 0.818. The van der Waals surface area contributed by atoms with E-state index in [2.05, 4.69) is 10.5 Å². The van der Waals surface area contributed by atoms with Gasteiger partial charge in [-0.1, -0.05) is 18.0 Å². The molecule has 0 aliphatic heterocycles. The van der Waals surface area contributed by atoms with Gasteiger partial charge in [-0.05, 0) is 25.7 Å². The molecule has 2 aliphatic rings. The van der Waals surface area contributed by atoms with Crippen LogP contribution in [0.15, 0.2) is 5.16 Å². The van der Waals surface area contributed by atoms with Crippen molar-refractivity contribution in [2.75, 3.05) is 0 Å². The van der Waals surface area contributed by atoms with Crippen LogP contribution in [0.2, 0.25) is 0 Å². The molecule has 19 heavy (non-hydrogen) atoms. The van der Waals surface area contributed by atoms with E-state index in [0.717, 1.165) is 0 Å². The van der Waals surface area contributed by atoms with Crippen LogP contribution >= 0.6 is 0 Å². The Morgan fingerprint density at radius 3 is 2.11 bits per heavy atom. The van der Waals surface area contributed by atoms with Gasteiger partial charge >= 0.3 is 6.18 Å². The van der Waals surface area contributed by atoms with E-state index in [0.29, 0.717) is 25.7 Å². The van der Waals surface area contributed by atoms with E-state index in [1.165, 1.54) is 0 Å². The van der Waals surface area contributed by atoms with Gasteiger partial charge < -0.3 is 16.3 Å². The monoisotopic (exact) mass is 279 g/mol. The van der Waals surface area contributed by atoms with Gasteiger partial charge in [0.2, 0.25) is 5.91 Å². The summed E-state index contributed by atoms with van der Waals surface area (Å²) < 4.78 is 38.5. The minimum atomic E-state index is -4.46. The number of amides is 1. The second kappa shape index (κ2) is 4.28. The van der Waals surface area contributed by atoms with E-state index < -0.39 is 23.0 Å². The smallest absolute Gasteiger partial charge is 0.409 e. The molecule has 0 bridgehead atoms. The van der Waals surface area contributed by atoms with Crippen molar-refractivity contribution < 1.29 is 23.2 Å². The van der Waals surface area contributed by atoms with Gasteiger partial charge in [0.15, 0.2) is 5.84 Å². The van der Waals surface area contributed by atoms with Crippen molar-refractivity contribution in [1.29, 1.82) is 0 Å². The molecule has 0 aromatic carbocycles. The molecule has 0 aromatic heterocycles. The summed E-state index contributed by atoms with van der Waals surface area (Å²) in [5.41, 5.74) is 2.11. The molecule has 0 heterocycles. The summed E-state index contributed by atoms with van der Waals surface area (Å²) in [6.07, 6.45) is -2.74. The van der Waals surface area contributed by atoms with Crippen LogP contribution in [0.3, 0.4) is 0 Å². The molecular formula is C11H16F3N3O2. The first kappa shape index (κ1) is 14.0. The SMILES string of the molecule is NC(=NO)C1(C(=O)NC2(C(F)(F)F)CC2)CCCC1. The van der Waals surface area contributed by atoms with Gasteiger partial charge in [-0.2, -0.15) is 13.2 Å². The van der Waals surface area contributed by atoms with Crippen LogP contribution in [-0.4, -0.2) is 28.7 Å². The van der Waals surface area contributed by atoms with Gasteiger partial charge in [0.25, 0.3) is 0 Å². The largest absolute Gasteiger partial charge is 0.411 e.